The molecule has 7 heteroatoms. The zero-order valence-corrected chi connectivity index (χ0v) is 14.8. The minimum Gasteiger partial charge on any atom is -0.378 e. The van der Waals surface area contributed by atoms with Gasteiger partial charge in [-0.3, -0.25) is 0 Å². The lowest BCUT2D eigenvalue weighted by Crippen LogP contribution is -2.01. The Morgan fingerprint density at radius 2 is 1.95 bits per heavy atom. The minimum atomic E-state index is 0.654. The van der Waals surface area contributed by atoms with Gasteiger partial charge in [0.05, 0.1) is 22.4 Å². The van der Waals surface area contributed by atoms with Gasteiger partial charge in [0.2, 0.25) is 0 Å². The zero-order chi connectivity index (χ0) is 14.1. The summed E-state index contributed by atoms with van der Waals surface area (Å²) in [5, 5.41) is 4.00. The molecule has 0 aliphatic rings. The Hall–Kier alpha value is -0.690. The van der Waals surface area contributed by atoms with Gasteiger partial charge in [-0.15, -0.1) is 0 Å². The third kappa shape index (κ3) is 2.83. The van der Waals surface area contributed by atoms with Crippen LogP contribution in [0.5, 0.6) is 0 Å². The second-order valence-electron chi connectivity index (χ2n) is 4.16. The molecule has 3 aromatic rings. The largest absolute Gasteiger partial charge is 0.378 e. The van der Waals surface area contributed by atoms with Crippen molar-refractivity contribution in [1.29, 1.82) is 0 Å². The van der Waals surface area contributed by atoms with Gasteiger partial charge in [-0.05, 0) is 61.7 Å². The molecule has 0 saturated heterocycles. The second kappa shape index (κ2) is 5.97. The molecule has 0 aliphatic heterocycles. The van der Waals surface area contributed by atoms with E-state index in [2.05, 4.69) is 58.1 Å². The third-order valence-corrected chi connectivity index (χ3v) is 5.57. The number of anilines is 1. The van der Waals surface area contributed by atoms with E-state index in [1.165, 1.54) is 11.7 Å². The lowest BCUT2D eigenvalue weighted by molar-refractivity contribution is 1.15. The van der Waals surface area contributed by atoms with Crippen molar-refractivity contribution in [3.05, 3.63) is 49.9 Å². The highest BCUT2D eigenvalue weighted by molar-refractivity contribution is 9.13. The first-order chi connectivity index (χ1) is 9.65. The minimum absolute atomic E-state index is 0.654. The van der Waals surface area contributed by atoms with Crippen LogP contribution < -0.4 is 5.32 Å². The molecule has 0 aliphatic carbocycles. The maximum atomic E-state index is 6.24. The first kappa shape index (κ1) is 14.3. The molecule has 0 spiro atoms. The predicted octanol–water partition coefficient (Wildman–Crippen LogP) is 5.48. The van der Waals surface area contributed by atoms with Gasteiger partial charge in [-0.1, -0.05) is 17.7 Å². The third-order valence-electron chi connectivity index (χ3n) is 2.83. The predicted molar refractivity (Wildman–Crippen MR) is 91.6 cm³/mol. The number of rotatable bonds is 3. The van der Waals surface area contributed by atoms with E-state index in [0.29, 0.717) is 11.6 Å². The molecule has 1 N–H and O–H groups in total. The van der Waals surface area contributed by atoms with Crippen molar-refractivity contribution in [1.82, 2.24) is 8.75 Å². The van der Waals surface area contributed by atoms with Gasteiger partial charge in [0.1, 0.15) is 11.0 Å². The molecule has 0 amide bonds. The van der Waals surface area contributed by atoms with Crippen LogP contribution >= 0.6 is 55.2 Å². The fourth-order valence-corrected chi connectivity index (χ4v) is 3.27. The Morgan fingerprint density at radius 1 is 1.10 bits per heavy atom. The Kier molecular flexibility index (Phi) is 4.26. The van der Waals surface area contributed by atoms with E-state index in [0.717, 1.165) is 31.2 Å². The summed E-state index contributed by atoms with van der Waals surface area (Å²) in [5.41, 5.74) is 3.66. The molecule has 2 aromatic carbocycles. The zero-order valence-electron chi connectivity index (χ0n) is 10.0. The summed E-state index contributed by atoms with van der Waals surface area (Å²) < 4.78 is 10.6. The molecule has 0 fully saturated rings. The van der Waals surface area contributed by atoms with Gasteiger partial charge in [0.15, 0.2) is 0 Å². The van der Waals surface area contributed by atoms with Crippen molar-refractivity contribution in [2.75, 3.05) is 5.32 Å². The molecular formula is C13H8Br2ClN3S. The van der Waals surface area contributed by atoms with Crippen molar-refractivity contribution in [3.63, 3.8) is 0 Å². The van der Waals surface area contributed by atoms with Crippen LogP contribution in [0.4, 0.5) is 5.69 Å². The van der Waals surface area contributed by atoms with Crippen molar-refractivity contribution < 1.29 is 0 Å². The summed E-state index contributed by atoms with van der Waals surface area (Å²) in [4.78, 5) is 0. The Morgan fingerprint density at radius 3 is 2.75 bits per heavy atom. The summed E-state index contributed by atoms with van der Waals surface area (Å²) in [6.45, 7) is 0.669. The summed E-state index contributed by atoms with van der Waals surface area (Å²) in [5.74, 6) is 0. The number of hydrogen-bond acceptors (Lipinski definition) is 4. The van der Waals surface area contributed by atoms with Gasteiger partial charge in [-0.2, -0.15) is 8.75 Å². The molecular weight excluding hydrogens is 425 g/mol. The first-order valence-corrected chi connectivity index (χ1v) is 8.43. The van der Waals surface area contributed by atoms with E-state index in [9.17, 15) is 0 Å². The van der Waals surface area contributed by atoms with E-state index in [-0.39, 0.29) is 0 Å². The van der Waals surface area contributed by atoms with Crippen LogP contribution in [0.25, 0.3) is 11.0 Å². The van der Waals surface area contributed by atoms with Gasteiger partial charge in [0, 0.05) is 15.5 Å². The van der Waals surface area contributed by atoms with Gasteiger partial charge in [-0.25, -0.2) is 0 Å². The van der Waals surface area contributed by atoms with E-state index >= 15 is 0 Å². The van der Waals surface area contributed by atoms with Gasteiger partial charge in [0.25, 0.3) is 0 Å². The summed E-state index contributed by atoms with van der Waals surface area (Å²) in [6.07, 6.45) is 0. The summed E-state index contributed by atoms with van der Waals surface area (Å²) >= 11 is 14.4. The standard InChI is InChI=1S/C13H8Br2ClN3S/c14-8-2-1-7(5-9(8)15)6-17-12-10(16)3-4-11-13(12)19-20-18-11/h1-5,17H,6H2. The van der Waals surface area contributed by atoms with E-state index < -0.39 is 0 Å². The molecule has 3 nitrogen and oxygen atoms in total. The van der Waals surface area contributed by atoms with E-state index in [1.54, 1.807) is 0 Å². The Bertz CT molecular complexity index is 775. The average Bonchev–Trinajstić information content (AvgIpc) is 2.90. The van der Waals surface area contributed by atoms with Crippen LogP contribution in [0.2, 0.25) is 5.02 Å². The summed E-state index contributed by atoms with van der Waals surface area (Å²) in [7, 11) is 0. The highest BCUT2D eigenvalue weighted by Crippen LogP contribution is 2.31. The number of fused-ring (bicyclic) bond motifs is 1. The number of hydrogen-bond donors (Lipinski definition) is 1. The topological polar surface area (TPSA) is 37.8 Å². The second-order valence-corrected chi connectivity index (χ2v) is 6.80. The van der Waals surface area contributed by atoms with Crippen molar-refractivity contribution in [2.24, 2.45) is 0 Å². The molecule has 20 heavy (non-hydrogen) atoms. The molecule has 102 valence electrons. The lowest BCUT2D eigenvalue weighted by atomic mass is 10.2. The van der Waals surface area contributed by atoms with Crippen LogP contribution in [0.3, 0.4) is 0 Å². The van der Waals surface area contributed by atoms with Crippen LogP contribution in [-0.4, -0.2) is 8.75 Å². The SMILES string of the molecule is Clc1ccc2nsnc2c1NCc1ccc(Br)c(Br)c1. The quantitative estimate of drug-likeness (QED) is 0.594. The molecule has 3 rings (SSSR count). The Balaban J connectivity index is 1.88. The molecule has 1 heterocycles. The Labute approximate surface area is 141 Å². The monoisotopic (exact) mass is 431 g/mol. The average molecular weight is 434 g/mol. The van der Waals surface area contributed by atoms with Gasteiger partial charge >= 0.3 is 0 Å². The number of benzene rings is 2. The van der Waals surface area contributed by atoms with Crippen LogP contribution in [-0.2, 0) is 6.54 Å². The lowest BCUT2D eigenvalue weighted by Gasteiger charge is -2.09. The maximum absolute atomic E-state index is 6.24. The molecule has 0 radical (unpaired) electrons. The fourth-order valence-electron chi connectivity index (χ4n) is 1.84. The molecule has 1 aromatic heterocycles. The van der Waals surface area contributed by atoms with E-state index in [4.69, 9.17) is 11.6 Å². The van der Waals surface area contributed by atoms with Crippen LogP contribution in [0, 0.1) is 0 Å². The van der Waals surface area contributed by atoms with Crippen molar-refractivity contribution in [3.8, 4) is 0 Å². The first-order valence-electron chi connectivity index (χ1n) is 5.74. The number of aromatic nitrogens is 2. The van der Waals surface area contributed by atoms with Crippen LogP contribution in [0.15, 0.2) is 39.3 Å². The number of halogens is 3. The van der Waals surface area contributed by atoms with Crippen molar-refractivity contribution >= 4 is 71.9 Å². The number of nitrogens with zero attached hydrogens (tertiary/aromatic N) is 2. The highest BCUT2D eigenvalue weighted by Gasteiger charge is 2.09. The molecule has 0 saturated carbocycles. The fraction of sp³-hybridized carbons (Fsp3) is 0.0769. The normalized spacial score (nSPS) is 10.9. The molecule has 0 atom stereocenters. The van der Waals surface area contributed by atoms with E-state index in [1.807, 2.05) is 18.2 Å². The number of nitrogens with one attached hydrogen (secondary N) is 1. The summed E-state index contributed by atoms with van der Waals surface area (Å²) in [6, 6.07) is 9.83. The van der Waals surface area contributed by atoms with Crippen LogP contribution in [0.1, 0.15) is 5.56 Å². The van der Waals surface area contributed by atoms with Gasteiger partial charge < -0.3 is 5.32 Å². The highest BCUT2D eigenvalue weighted by atomic mass is 79.9. The smallest absolute Gasteiger partial charge is 0.129 e. The molecule has 0 unspecified atom stereocenters. The van der Waals surface area contributed by atoms with Crippen molar-refractivity contribution in [2.45, 2.75) is 6.54 Å². The molecule has 0 bridgehead atoms. The maximum Gasteiger partial charge on any atom is 0.129 e.